The van der Waals surface area contributed by atoms with E-state index in [9.17, 15) is 0 Å². The molecule has 0 saturated heterocycles. The van der Waals surface area contributed by atoms with Crippen LogP contribution in [0, 0.1) is 0 Å². The molecule has 0 atom stereocenters. The van der Waals surface area contributed by atoms with E-state index in [1.165, 1.54) is 0 Å². The Kier molecular flexibility index (Phi) is 0.886. The molecule has 1 aromatic heterocycles. The molecule has 0 spiro atoms. The van der Waals surface area contributed by atoms with Crippen molar-refractivity contribution in [3.63, 3.8) is 0 Å². The summed E-state index contributed by atoms with van der Waals surface area (Å²) in [5.41, 5.74) is 0.932. The molecule has 1 aliphatic heterocycles. The summed E-state index contributed by atoms with van der Waals surface area (Å²) in [5.74, 6) is 0. The molecule has 1 aromatic rings. The van der Waals surface area contributed by atoms with Crippen LogP contribution < -0.4 is 10.7 Å². The Hall–Kier alpha value is -1.12. The molecule has 46 valence electrons. The third-order valence-electron chi connectivity index (χ3n) is 1.41. The highest BCUT2D eigenvalue weighted by atomic mass is 15.1. The second-order valence-electron chi connectivity index (χ2n) is 2.05. The Labute approximate surface area is 52.1 Å². The highest BCUT2D eigenvalue weighted by Gasteiger charge is 1.92. The van der Waals surface area contributed by atoms with Gasteiger partial charge in [-0.1, -0.05) is 6.08 Å². The van der Waals surface area contributed by atoms with Crippen molar-refractivity contribution < 1.29 is 0 Å². The van der Waals surface area contributed by atoms with Crippen LogP contribution in [0.1, 0.15) is 6.42 Å². The predicted octanol–water partition coefficient (Wildman–Crippen LogP) is -0.787. The summed E-state index contributed by atoms with van der Waals surface area (Å²) >= 11 is 0. The topological polar surface area (TPSA) is 41.0 Å². The monoisotopic (exact) mass is 121 g/mol. The third kappa shape index (κ3) is 0.650. The molecule has 2 rings (SSSR count). The van der Waals surface area contributed by atoms with E-state index < -0.39 is 0 Å². The number of hydrogen-bond acceptors (Lipinski definition) is 2. The quantitative estimate of drug-likeness (QED) is 0.480. The van der Waals surface area contributed by atoms with Gasteiger partial charge in [0.15, 0.2) is 0 Å². The number of aromatic amines is 1. The van der Waals surface area contributed by atoms with Crippen LogP contribution in [-0.2, 0) is 0 Å². The number of nitrogens with zero attached hydrogens (tertiary/aromatic N) is 2. The van der Waals surface area contributed by atoms with Crippen LogP contribution in [0.5, 0.6) is 0 Å². The maximum atomic E-state index is 4.20. The maximum Gasteiger partial charge on any atom is 0.150 e. The fourth-order valence-electron chi connectivity index (χ4n) is 0.961. The van der Waals surface area contributed by atoms with Gasteiger partial charge in [-0.15, -0.1) is 0 Å². The minimum atomic E-state index is 0.898. The highest BCUT2D eigenvalue weighted by molar-refractivity contribution is 5.21. The molecule has 3 heteroatoms. The zero-order valence-corrected chi connectivity index (χ0v) is 4.96. The van der Waals surface area contributed by atoms with Gasteiger partial charge in [-0.2, -0.15) is 5.10 Å². The summed E-state index contributed by atoms with van der Waals surface area (Å²) in [6.07, 6.45) is 5.00. The number of nitrogens with one attached hydrogen (secondary N) is 1. The van der Waals surface area contributed by atoms with Gasteiger partial charge in [0.05, 0.1) is 6.20 Å². The first kappa shape index (κ1) is 4.73. The molecule has 0 saturated carbocycles. The molecular formula is C6H7N3. The number of H-pyrrole nitrogens is 1. The van der Waals surface area contributed by atoms with E-state index in [1.54, 1.807) is 6.20 Å². The van der Waals surface area contributed by atoms with E-state index in [1.807, 2.05) is 0 Å². The molecule has 9 heavy (non-hydrogen) atoms. The Morgan fingerprint density at radius 3 is 3.44 bits per heavy atom. The van der Waals surface area contributed by atoms with Crippen molar-refractivity contribution >= 4 is 6.08 Å². The maximum absolute atomic E-state index is 4.20. The minimum Gasteiger partial charge on any atom is -0.266 e. The third-order valence-corrected chi connectivity index (χ3v) is 1.41. The van der Waals surface area contributed by atoms with E-state index in [0.717, 1.165) is 23.7 Å². The molecule has 1 aliphatic rings. The summed E-state index contributed by atoms with van der Waals surface area (Å²) < 4.78 is 0. The van der Waals surface area contributed by atoms with Gasteiger partial charge < -0.3 is 0 Å². The smallest absolute Gasteiger partial charge is 0.150 e. The molecule has 0 bridgehead atoms. The Morgan fingerprint density at radius 1 is 1.56 bits per heavy atom. The van der Waals surface area contributed by atoms with Gasteiger partial charge in [-0.25, -0.2) is 0 Å². The summed E-state index contributed by atoms with van der Waals surface area (Å²) in [5, 5.41) is 7.80. The van der Waals surface area contributed by atoms with Crippen LogP contribution in [0.4, 0.5) is 0 Å². The van der Waals surface area contributed by atoms with Gasteiger partial charge in [0, 0.05) is 11.8 Å². The molecule has 0 amide bonds. The lowest BCUT2D eigenvalue weighted by molar-refractivity contribution is 0.911. The molecule has 1 N–H and O–H groups in total. The zero-order valence-electron chi connectivity index (χ0n) is 4.96. The fraction of sp³-hybridized carbons (Fsp3) is 0.333. The van der Waals surface area contributed by atoms with Crippen LogP contribution in [0.25, 0.3) is 6.08 Å². The van der Waals surface area contributed by atoms with Gasteiger partial charge in [-0.3, -0.25) is 10.1 Å². The van der Waals surface area contributed by atoms with Gasteiger partial charge in [0.2, 0.25) is 0 Å². The second-order valence-corrected chi connectivity index (χ2v) is 2.05. The lowest BCUT2D eigenvalue weighted by Gasteiger charge is -1.90. The van der Waals surface area contributed by atoms with Gasteiger partial charge >= 0.3 is 0 Å². The molecule has 0 radical (unpaired) electrons. The largest absolute Gasteiger partial charge is 0.266 e. The van der Waals surface area contributed by atoms with Gasteiger partial charge in [0.25, 0.3) is 0 Å². The van der Waals surface area contributed by atoms with Crippen LogP contribution in [0.3, 0.4) is 0 Å². The molecule has 0 aliphatic carbocycles. The first-order valence-corrected chi connectivity index (χ1v) is 3.01. The molecule has 3 nitrogen and oxygen atoms in total. The van der Waals surface area contributed by atoms with E-state index in [4.69, 9.17) is 0 Å². The summed E-state index contributed by atoms with van der Waals surface area (Å²) in [6.45, 7) is 0.898. The van der Waals surface area contributed by atoms with Crippen molar-refractivity contribution in [2.75, 3.05) is 6.54 Å². The normalized spacial score (nSPS) is 15.6. The van der Waals surface area contributed by atoms with Crippen molar-refractivity contribution in [3.05, 3.63) is 16.9 Å². The Bertz CT molecular complexity index is 279. The van der Waals surface area contributed by atoms with E-state index in [0.29, 0.717) is 0 Å². The summed E-state index contributed by atoms with van der Waals surface area (Å²) in [4.78, 5) is 4.20. The van der Waals surface area contributed by atoms with Gasteiger partial charge in [-0.05, 0) is 6.42 Å². The number of fused-ring (bicyclic) bond motifs is 1. The standard InChI is InChI=1S/C6H7N3/c1-2-5-4-8-9-6(5)7-3-1/h2,4H,1,3H2,(H,7,9). The zero-order chi connectivity index (χ0) is 6.10. The van der Waals surface area contributed by atoms with Crippen LogP contribution >= 0.6 is 0 Å². The SMILES string of the molecule is C1=c2cn[nH]c2=NCC1. The first-order valence-electron chi connectivity index (χ1n) is 3.01. The molecular weight excluding hydrogens is 114 g/mol. The van der Waals surface area contributed by atoms with Crippen molar-refractivity contribution in [3.8, 4) is 0 Å². The molecule has 0 unspecified atom stereocenters. The summed E-state index contributed by atoms with van der Waals surface area (Å²) in [6, 6.07) is 0. The lowest BCUT2D eigenvalue weighted by atomic mass is 10.3. The van der Waals surface area contributed by atoms with Crippen molar-refractivity contribution in [1.82, 2.24) is 10.2 Å². The van der Waals surface area contributed by atoms with Crippen LogP contribution in [0.2, 0.25) is 0 Å². The van der Waals surface area contributed by atoms with E-state index in [-0.39, 0.29) is 0 Å². The van der Waals surface area contributed by atoms with E-state index in [2.05, 4.69) is 21.3 Å². The average Bonchev–Trinajstić information content (AvgIpc) is 2.33. The molecule has 2 heterocycles. The van der Waals surface area contributed by atoms with Crippen molar-refractivity contribution in [1.29, 1.82) is 0 Å². The highest BCUT2D eigenvalue weighted by Crippen LogP contribution is 1.82. The molecule has 0 fully saturated rings. The van der Waals surface area contributed by atoms with Crippen LogP contribution in [-0.4, -0.2) is 16.7 Å². The Morgan fingerprint density at radius 2 is 2.56 bits per heavy atom. The minimum absolute atomic E-state index is 0.898. The van der Waals surface area contributed by atoms with Crippen molar-refractivity contribution in [2.45, 2.75) is 6.42 Å². The van der Waals surface area contributed by atoms with Crippen LogP contribution in [0.15, 0.2) is 11.2 Å². The fourth-order valence-corrected chi connectivity index (χ4v) is 0.961. The number of aromatic nitrogens is 2. The first-order chi connectivity index (χ1) is 4.47. The number of rotatable bonds is 0. The average molecular weight is 121 g/mol. The lowest BCUT2D eigenvalue weighted by Crippen LogP contribution is -2.25. The Balaban J connectivity index is 2.89. The van der Waals surface area contributed by atoms with E-state index >= 15 is 0 Å². The van der Waals surface area contributed by atoms with Crippen molar-refractivity contribution in [2.24, 2.45) is 4.99 Å². The number of hydrogen-bond donors (Lipinski definition) is 1. The molecule has 0 aromatic carbocycles. The predicted molar refractivity (Wildman–Crippen MR) is 33.3 cm³/mol. The second kappa shape index (κ2) is 1.69. The summed E-state index contributed by atoms with van der Waals surface area (Å²) in [7, 11) is 0. The van der Waals surface area contributed by atoms with Gasteiger partial charge in [0.1, 0.15) is 5.49 Å².